The van der Waals surface area contributed by atoms with Crippen molar-refractivity contribution in [2.75, 3.05) is 22.5 Å². The normalized spacial score (nSPS) is 15.0. The van der Waals surface area contributed by atoms with Crippen molar-refractivity contribution in [2.24, 2.45) is 4.40 Å². The van der Waals surface area contributed by atoms with Crippen LogP contribution in [-0.4, -0.2) is 31.8 Å². The van der Waals surface area contributed by atoms with Crippen LogP contribution in [0.1, 0.15) is 18.9 Å². The molecule has 0 unspecified atom stereocenters. The maximum Gasteiger partial charge on any atom is 0.286 e. The lowest BCUT2D eigenvalue weighted by atomic mass is 10.2. The molecule has 1 aliphatic rings. The summed E-state index contributed by atoms with van der Waals surface area (Å²) >= 11 is 1.13. The van der Waals surface area contributed by atoms with E-state index in [-0.39, 0.29) is 16.6 Å². The number of amides is 1. The van der Waals surface area contributed by atoms with Crippen LogP contribution in [0.3, 0.4) is 0 Å². The van der Waals surface area contributed by atoms with Crippen LogP contribution in [0.5, 0.6) is 0 Å². The number of aryl methyl sites for hydroxylation is 1. The van der Waals surface area contributed by atoms with Gasteiger partial charge < -0.3 is 10.2 Å². The molecule has 0 saturated heterocycles. The molecule has 2 aromatic carbocycles. The van der Waals surface area contributed by atoms with Gasteiger partial charge in [0, 0.05) is 12.2 Å². The molecule has 1 heterocycles. The van der Waals surface area contributed by atoms with Gasteiger partial charge in [0.05, 0.1) is 11.4 Å². The van der Waals surface area contributed by atoms with Gasteiger partial charge in [0.1, 0.15) is 4.90 Å². The highest BCUT2D eigenvalue weighted by Crippen LogP contribution is 2.34. The fraction of sp³-hybridized carbons (Fsp3) is 0.263. The summed E-state index contributed by atoms with van der Waals surface area (Å²) in [7, 11) is -3.76. The number of nitrogens with one attached hydrogen (secondary N) is 1. The minimum Gasteiger partial charge on any atom is -0.325 e. The Labute approximate surface area is 163 Å². The number of nitrogens with zero attached hydrogens (tertiary/aromatic N) is 2. The summed E-state index contributed by atoms with van der Waals surface area (Å²) in [6, 6.07) is 14.3. The summed E-state index contributed by atoms with van der Waals surface area (Å²) in [4.78, 5) is 14.4. The molecule has 27 heavy (non-hydrogen) atoms. The number of carbonyl (C=O) groups excluding carboxylic acids is 1. The second-order valence-electron chi connectivity index (χ2n) is 6.12. The van der Waals surface area contributed by atoms with Crippen LogP contribution < -0.4 is 10.2 Å². The Kier molecular flexibility index (Phi) is 5.86. The van der Waals surface area contributed by atoms with E-state index in [2.05, 4.69) is 9.71 Å². The molecule has 0 aliphatic carbocycles. The lowest BCUT2D eigenvalue weighted by Crippen LogP contribution is -2.35. The van der Waals surface area contributed by atoms with E-state index in [1.165, 1.54) is 0 Å². The molecule has 0 spiro atoms. The van der Waals surface area contributed by atoms with Gasteiger partial charge in [0.15, 0.2) is 5.17 Å². The van der Waals surface area contributed by atoms with Gasteiger partial charge in [-0.2, -0.15) is 8.42 Å². The number of anilines is 2. The SMILES string of the molecule is CCCN1C(SCC(=O)Nc2ccccc2C)=NS(=O)(=O)c2ccccc21. The molecule has 3 rings (SSSR count). The summed E-state index contributed by atoms with van der Waals surface area (Å²) < 4.78 is 28.9. The Morgan fingerprint density at radius 3 is 2.59 bits per heavy atom. The Morgan fingerprint density at radius 2 is 1.85 bits per heavy atom. The van der Waals surface area contributed by atoms with Gasteiger partial charge in [-0.15, -0.1) is 4.40 Å². The highest BCUT2D eigenvalue weighted by atomic mass is 32.2. The monoisotopic (exact) mass is 403 g/mol. The van der Waals surface area contributed by atoms with Crippen molar-refractivity contribution in [2.45, 2.75) is 25.2 Å². The van der Waals surface area contributed by atoms with Gasteiger partial charge in [-0.1, -0.05) is 49.0 Å². The maximum atomic E-state index is 12.5. The Bertz CT molecular complexity index is 987. The molecule has 0 atom stereocenters. The minimum atomic E-state index is -3.76. The molecule has 1 aliphatic heterocycles. The van der Waals surface area contributed by atoms with Gasteiger partial charge >= 0.3 is 0 Å². The van der Waals surface area contributed by atoms with Crippen molar-refractivity contribution in [1.29, 1.82) is 0 Å². The van der Waals surface area contributed by atoms with Crippen LogP contribution in [0.25, 0.3) is 0 Å². The highest BCUT2D eigenvalue weighted by molar-refractivity contribution is 8.15. The second-order valence-corrected chi connectivity index (χ2v) is 8.64. The first-order valence-corrected chi connectivity index (χ1v) is 11.0. The van der Waals surface area contributed by atoms with Crippen molar-refractivity contribution in [1.82, 2.24) is 0 Å². The number of hydrogen-bond acceptors (Lipinski definition) is 5. The van der Waals surface area contributed by atoms with Crippen molar-refractivity contribution < 1.29 is 13.2 Å². The minimum absolute atomic E-state index is 0.0745. The van der Waals surface area contributed by atoms with E-state index in [1.54, 1.807) is 24.3 Å². The molecule has 0 aromatic heterocycles. The Hall–Kier alpha value is -2.32. The fourth-order valence-corrected chi connectivity index (χ4v) is 5.05. The van der Waals surface area contributed by atoms with Crippen molar-refractivity contribution in [3.63, 3.8) is 0 Å². The van der Waals surface area contributed by atoms with Crippen molar-refractivity contribution in [3.05, 3.63) is 54.1 Å². The number of carbonyl (C=O) groups is 1. The van der Waals surface area contributed by atoms with Crippen LogP contribution in [0, 0.1) is 6.92 Å². The molecule has 142 valence electrons. The number of rotatable bonds is 5. The fourth-order valence-electron chi connectivity index (χ4n) is 2.78. The Balaban J connectivity index is 1.78. The standard InChI is InChI=1S/C19H21N3O3S2/c1-3-12-22-16-10-6-7-11-17(16)27(24,25)21-19(22)26-13-18(23)20-15-9-5-4-8-14(15)2/h4-11H,3,12-13H2,1-2H3,(H,20,23). The van der Waals surface area contributed by atoms with Crippen LogP contribution in [0.4, 0.5) is 11.4 Å². The topological polar surface area (TPSA) is 78.8 Å². The summed E-state index contributed by atoms with van der Waals surface area (Å²) in [5.74, 6) is -0.130. The molecular weight excluding hydrogens is 382 g/mol. The molecular formula is C19H21N3O3S2. The highest BCUT2D eigenvalue weighted by Gasteiger charge is 2.30. The first-order valence-electron chi connectivity index (χ1n) is 8.62. The molecule has 6 nitrogen and oxygen atoms in total. The molecule has 0 saturated carbocycles. The number of fused-ring (bicyclic) bond motifs is 1. The van der Waals surface area contributed by atoms with Crippen LogP contribution >= 0.6 is 11.8 Å². The quantitative estimate of drug-likeness (QED) is 0.825. The molecule has 1 amide bonds. The molecule has 0 bridgehead atoms. The zero-order valence-corrected chi connectivity index (χ0v) is 16.8. The van der Waals surface area contributed by atoms with Crippen LogP contribution in [0.2, 0.25) is 0 Å². The summed E-state index contributed by atoms with van der Waals surface area (Å²) in [5.41, 5.74) is 2.32. The van der Waals surface area contributed by atoms with E-state index < -0.39 is 10.0 Å². The lowest BCUT2D eigenvalue weighted by molar-refractivity contribution is -0.113. The van der Waals surface area contributed by atoms with E-state index in [4.69, 9.17) is 0 Å². The average molecular weight is 404 g/mol. The predicted octanol–water partition coefficient (Wildman–Crippen LogP) is 3.64. The number of amidine groups is 1. The van der Waals surface area contributed by atoms with Crippen molar-refractivity contribution in [3.8, 4) is 0 Å². The average Bonchev–Trinajstić information content (AvgIpc) is 2.64. The zero-order valence-electron chi connectivity index (χ0n) is 15.2. The van der Waals surface area contributed by atoms with E-state index in [9.17, 15) is 13.2 Å². The number of benzene rings is 2. The van der Waals surface area contributed by atoms with Gasteiger partial charge in [-0.05, 0) is 37.1 Å². The summed E-state index contributed by atoms with van der Waals surface area (Å²) in [6.07, 6.45) is 0.823. The number of para-hydroxylation sites is 2. The van der Waals surface area contributed by atoms with Gasteiger partial charge in [-0.25, -0.2) is 0 Å². The second kappa shape index (κ2) is 8.14. The Morgan fingerprint density at radius 1 is 1.15 bits per heavy atom. The smallest absolute Gasteiger partial charge is 0.286 e. The summed E-state index contributed by atoms with van der Waals surface area (Å²) in [5, 5.41) is 3.18. The largest absolute Gasteiger partial charge is 0.325 e. The third-order valence-corrected chi connectivity index (χ3v) is 6.47. The third-order valence-electron chi connectivity index (χ3n) is 4.06. The number of hydrogen-bond donors (Lipinski definition) is 1. The molecule has 2 aromatic rings. The molecule has 0 radical (unpaired) electrons. The van der Waals surface area contributed by atoms with Gasteiger partial charge in [0.2, 0.25) is 5.91 Å². The van der Waals surface area contributed by atoms with Crippen molar-refractivity contribution >= 4 is 44.2 Å². The van der Waals surface area contributed by atoms with E-state index in [0.717, 1.165) is 29.4 Å². The van der Waals surface area contributed by atoms with Gasteiger partial charge in [-0.3, -0.25) is 4.79 Å². The number of sulfonamides is 1. The van der Waals surface area contributed by atoms with E-state index in [0.29, 0.717) is 17.4 Å². The first-order chi connectivity index (χ1) is 12.9. The number of thioether (sulfide) groups is 1. The zero-order chi connectivity index (χ0) is 19.4. The molecule has 0 fully saturated rings. The lowest BCUT2D eigenvalue weighted by Gasteiger charge is -2.29. The summed E-state index contributed by atoms with van der Waals surface area (Å²) in [6.45, 7) is 4.55. The molecule has 1 N–H and O–H groups in total. The van der Waals surface area contributed by atoms with Crippen LogP contribution in [-0.2, 0) is 14.8 Å². The third kappa shape index (κ3) is 4.33. The predicted molar refractivity (Wildman–Crippen MR) is 111 cm³/mol. The maximum absolute atomic E-state index is 12.5. The van der Waals surface area contributed by atoms with E-state index >= 15 is 0 Å². The van der Waals surface area contributed by atoms with Gasteiger partial charge in [0.25, 0.3) is 10.0 Å². The first kappa shape index (κ1) is 19.4. The van der Waals surface area contributed by atoms with Crippen LogP contribution in [0.15, 0.2) is 57.8 Å². The molecule has 8 heteroatoms. The van der Waals surface area contributed by atoms with E-state index in [1.807, 2.05) is 43.0 Å².